The fourth-order valence-corrected chi connectivity index (χ4v) is 3.28. The van der Waals surface area contributed by atoms with E-state index in [4.69, 9.17) is 4.74 Å². The zero-order valence-corrected chi connectivity index (χ0v) is 14.2. The smallest absolute Gasteiger partial charge is 0.384 e. The molecule has 1 aromatic rings. The summed E-state index contributed by atoms with van der Waals surface area (Å²) >= 11 is 0. The van der Waals surface area contributed by atoms with E-state index >= 15 is 0 Å². The molecule has 0 aromatic heterocycles. The van der Waals surface area contributed by atoms with E-state index in [1.54, 1.807) is 6.92 Å². The molecule has 2 rings (SSSR count). The van der Waals surface area contributed by atoms with E-state index in [9.17, 15) is 4.79 Å². The van der Waals surface area contributed by atoms with Gasteiger partial charge in [-0.05, 0) is 43.0 Å². The molecule has 0 amide bonds. The Kier molecular flexibility index (Phi) is 7.00. The molecule has 1 saturated carbocycles. The lowest BCUT2D eigenvalue weighted by atomic mass is 9.88. The highest BCUT2D eigenvalue weighted by Gasteiger charge is 2.23. The Hall–Kier alpha value is -1.95. The maximum absolute atomic E-state index is 11.2. The summed E-state index contributed by atoms with van der Waals surface area (Å²) in [7, 11) is 0. The molecule has 3 nitrogen and oxygen atoms in total. The number of rotatable bonds is 6. The first-order valence-electron chi connectivity index (χ1n) is 8.75. The zero-order valence-electron chi connectivity index (χ0n) is 14.2. The van der Waals surface area contributed by atoms with Crippen molar-refractivity contribution in [2.24, 2.45) is 11.8 Å². The fourth-order valence-electron chi connectivity index (χ4n) is 3.28. The minimum atomic E-state index is -0.475. The van der Waals surface area contributed by atoms with Gasteiger partial charge in [0.1, 0.15) is 0 Å². The van der Waals surface area contributed by atoms with Crippen LogP contribution in [0.3, 0.4) is 0 Å². The van der Waals surface area contributed by atoms with Crippen LogP contribution in [-0.2, 0) is 9.53 Å². The Labute approximate surface area is 139 Å². The van der Waals surface area contributed by atoms with Gasteiger partial charge in [0.05, 0.1) is 6.61 Å². The van der Waals surface area contributed by atoms with Gasteiger partial charge >= 0.3 is 5.97 Å². The number of hydrogen-bond donors (Lipinski definition) is 1. The van der Waals surface area contributed by atoms with Crippen molar-refractivity contribution in [1.82, 2.24) is 0 Å². The van der Waals surface area contributed by atoms with E-state index in [1.165, 1.54) is 32.1 Å². The van der Waals surface area contributed by atoms with Crippen molar-refractivity contribution in [2.45, 2.75) is 46.0 Å². The van der Waals surface area contributed by atoms with Crippen LogP contribution in [0.15, 0.2) is 24.3 Å². The minimum Gasteiger partial charge on any atom is -0.456 e. The third-order valence-corrected chi connectivity index (χ3v) is 4.63. The first-order chi connectivity index (χ1) is 11.2. The summed E-state index contributed by atoms with van der Waals surface area (Å²) in [5.41, 5.74) is 1.94. The molecule has 0 spiro atoms. The molecular weight excluding hydrogens is 286 g/mol. The van der Waals surface area contributed by atoms with Gasteiger partial charge in [-0.2, -0.15) is 0 Å². The topological polar surface area (TPSA) is 38.3 Å². The number of nitrogens with one attached hydrogen (secondary N) is 1. The Morgan fingerprint density at radius 1 is 1.26 bits per heavy atom. The van der Waals surface area contributed by atoms with E-state index in [0.29, 0.717) is 6.61 Å². The first kappa shape index (κ1) is 17.4. The maximum Gasteiger partial charge on any atom is 0.384 e. The molecule has 23 heavy (non-hydrogen) atoms. The van der Waals surface area contributed by atoms with E-state index in [1.807, 2.05) is 24.3 Å². The zero-order chi connectivity index (χ0) is 16.5. The van der Waals surface area contributed by atoms with Crippen LogP contribution in [-0.4, -0.2) is 19.1 Å². The van der Waals surface area contributed by atoms with Crippen LogP contribution in [0, 0.1) is 23.7 Å². The summed E-state index contributed by atoms with van der Waals surface area (Å²) in [5, 5.41) is 3.55. The highest BCUT2D eigenvalue weighted by atomic mass is 16.5. The van der Waals surface area contributed by atoms with Crippen molar-refractivity contribution in [3.8, 4) is 11.8 Å². The average molecular weight is 313 g/mol. The number of ether oxygens (including phenoxy) is 1. The van der Waals surface area contributed by atoms with Gasteiger partial charge < -0.3 is 10.1 Å². The summed E-state index contributed by atoms with van der Waals surface area (Å²) in [6.07, 6.45) is 6.82. The van der Waals surface area contributed by atoms with Crippen LogP contribution in [0.2, 0.25) is 0 Å². The number of carbonyl (C=O) groups excluding carboxylic acids is 1. The molecule has 1 atom stereocenters. The molecule has 1 unspecified atom stereocenters. The van der Waals surface area contributed by atoms with Gasteiger partial charge in [0.2, 0.25) is 0 Å². The lowest BCUT2D eigenvalue weighted by Gasteiger charge is -2.22. The molecule has 0 saturated heterocycles. The molecule has 1 aliphatic carbocycles. The molecule has 0 heterocycles. The van der Waals surface area contributed by atoms with Gasteiger partial charge in [0.15, 0.2) is 0 Å². The van der Waals surface area contributed by atoms with Crippen molar-refractivity contribution in [3.05, 3.63) is 29.8 Å². The van der Waals surface area contributed by atoms with Crippen molar-refractivity contribution in [3.63, 3.8) is 0 Å². The highest BCUT2D eigenvalue weighted by molar-refractivity contribution is 5.89. The molecule has 1 aromatic carbocycles. The van der Waals surface area contributed by atoms with Crippen LogP contribution in [0.25, 0.3) is 0 Å². The third kappa shape index (κ3) is 5.63. The van der Waals surface area contributed by atoms with Gasteiger partial charge in [-0.25, -0.2) is 4.79 Å². The SMILES string of the molecule is CCOC(=O)C#Cc1ccc(NCC(CC)C2CCCC2)cc1. The number of carbonyl (C=O) groups is 1. The molecular formula is C20H27NO2. The monoisotopic (exact) mass is 313 g/mol. The molecule has 1 fully saturated rings. The van der Waals surface area contributed by atoms with Crippen LogP contribution in [0.1, 0.15) is 51.5 Å². The Morgan fingerprint density at radius 2 is 1.96 bits per heavy atom. The molecule has 0 radical (unpaired) electrons. The molecule has 1 N–H and O–H groups in total. The van der Waals surface area contributed by atoms with E-state index in [-0.39, 0.29) is 0 Å². The number of esters is 1. The quantitative estimate of drug-likeness (QED) is 0.631. The van der Waals surface area contributed by atoms with E-state index in [0.717, 1.165) is 29.6 Å². The van der Waals surface area contributed by atoms with E-state index < -0.39 is 5.97 Å². The molecule has 0 aliphatic heterocycles. The fraction of sp³-hybridized carbons (Fsp3) is 0.550. The van der Waals surface area contributed by atoms with Gasteiger partial charge in [-0.1, -0.05) is 44.9 Å². The average Bonchev–Trinajstić information content (AvgIpc) is 3.09. The number of benzene rings is 1. The lowest BCUT2D eigenvalue weighted by Crippen LogP contribution is -2.20. The normalized spacial score (nSPS) is 15.6. The van der Waals surface area contributed by atoms with Crippen molar-refractivity contribution < 1.29 is 9.53 Å². The summed E-state index contributed by atoms with van der Waals surface area (Å²) in [6.45, 7) is 5.46. The van der Waals surface area contributed by atoms with Gasteiger partial charge in [-0.15, -0.1) is 0 Å². The van der Waals surface area contributed by atoms with Gasteiger partial charge in [-0.3, -0.25) is 0 Å². The maximum atomic E-state index is 11.2. The summed E-state index contributed by atoms with van der Waals surface area (Å²) in [5.74, 6) is 6.49. The Balaban J connectivity index is 1.85. The number of anilines is 1. The summed E-state index contributed by atoms with van der Waals surface area (Å²) in [6, 6.07) is 7.92. The summed E-state index contributed by atoms with van der Waals surface area (Å²) < 4.78 is 4.79. The molecule has 0 bridgehead atoms. The molecule has 1 aliphatic rings. The van der Waals surface area contributed by atoms with Gasteiger partial charge in [0.25, 0.3) is 0 Å². The van der Waals surface area contributed by atoms with Crippen molar-refractivity contribution in [1.29, 1.82) is 0 Å². The van der Waals surface area contributed by atoms with Crippen molar-refractivity contribution in [2.75, 3.05) is 18.5 Å². The predicted molar refractivity (Wildman–Crippen MR) is 94.2 cm³/mol. The first-order valence-corrected chi connectivity index (χ1v) is 8.75. The second-order valence-electron chi connectivity index (χ2n) is 6.14. The van der Waals surface area contributed by atoms with Crippen LogP contribution < -0.4 is 5.32 Å². The lowest BCUT2D eigenvalue weighted by molar-refractivity contribution is -0.136. The third-order valence-electron chi connectivity index (χ3n) is 4.63. The standard InChI is InChI=1S/C20H27NO2/c1-3-17(18-7-5-6-8-18)15-21-19-12-9-16(10-13-19)11-14-20(22)23-4-2/h9-10,12-13,17-18,21H,3-8,15H2,1-2H3. The summed E-state index contributed by atoms with van der Waals surface area (Å²) in [4.78, 5) is 11.2. The second-order valence-corrected chi connectivity index (χ2v) is 6.14. The highest BCUT2D eigenvalue weighted by Crippen LogP contribution is 2.33. The van der Waals surface area contributed by atoms with Crippen LogP contribution in [0.4, 0.5) is 5.69 Å². The predicted octanol–water partition coefficient (Wildman–Crippen LogP) is 4.23. The van der Waals surface area contributed by atoms with E-state index in [2.05, 4.69) is 24.1 Å². The molecule has 124 valence electrons. The van der Waals surface area contributed by atoms with Crippen molar-refractivity contribution >= 4 is 11.7 Å². The largest absolute Gasteiger partial charge is 0.456 e. The Morgan fingerprint density at radius 3 is 2.57 bits per heavy atom. The van der Waals surface area contributed by atoms with Crippen LogP contribution >= 0.6 is 0 Å². The minimum absolute atomic E-state index is 0.357. The van der Waals surface area contributed by atoms with Crippen LogP contribution in [0.5, 0.6) is 0 Å². The Bertz CT molecular complexity index is 547. The molecule has 3 heteroatoms. The second kappa shape index (κ2) is 9.25. The number of hydrogen-bond acceptors (Lipinski definition) is 3. The van der Waals surface area contributed by atoms with Gasteiger partial charge in [0, 0.05) is 23.7 Å².